The molecule has 0 radical (unpaired) electrons. The fourth-order valence-electron chi connectivity index (χ4n) is 4.82. The van der Waals surface area contributed by atoms with Crippen LogP contribution in [-0.4, -0.2) is 111 Å². The Balaban J connectivity index is 2.30. The van der Waals surface area contributed by atoms with Crippen molar-refractivity contribution >= 4 is 40.9 Å². The third-order valence-electron chi connectivity index (χ3n) is 7.56. The summed E-state index contributed by atoms with van der Waals surface area (Å²) in [5.41, 5.74) is 0. The summed E-state index contributed by atoms with van der Waals surface area (Å²) in [5, 5.41) is 2.80. The molecule has 0 spiro atoms. The molecule has 0 aliphatic carbocycles. The van der Waals surface area contributed by atoms with E-state index in [-0.39, 0.29) is 105 Å². The highest BCUT2D eigenvalue weighted by atomic mass is 16.6. The first-order valence-corrected chi connectivity index (χ1v) is 16.5. The Morgan fingerprint density at radius 1 is 0.723 bits per heavy atom. The summed E-state index contributed by atoms with van der Waals surface area (Å²) in [6.45, 7) is 12.8. The minimum absolute atomic E-state index is 0.0122. The topological polar surface area (TPSA) is 172 Å². The number of nitrogens with one attached hydrogen (secondary N) is 1. The van der Waals surface area contributed by atoms with Gasteiger partial charge in [-0.05, 0) is 19.3 Å². The van der Waals surface area contributed by atoms with Gasteiger partial charge in [0.2, 0.25) is 5.91 Å². The normalized spacial score (nSPS) is 14.9. The second-order valence-electron chi connectivity index (χ2n) is 12.4. The molecule has 0 saturated carbocycles. The summed E-state index contributed by atoms with van der Waals surface area (Å²) in [7, 11) is 0. The van der Waals surface area contributed by atoms with E-state index in [1.807, 2.05) is 13.8 Å². The first-order valence-electron chi connectivity index (χ1n) is 16.5. The number of ketones is 4. The van der Waals surface area contributed by atoms with Crippen LogP contribution in [0.15, 0.2) is 12.2 Å². The molecule has 1 aliphatic rings. The number of amides is 3. The SMILES string of the molecule is CC(=O)CC[C@@H](CC(=O)CCOCCOCCOCCOCCN1C(=O)C=CC1=O)C(=O)N[C@H](C(=O)C[C@@H](C)C(=O)C(C)C)C(C)C. The van der Waals surface area contributed by atoms with Crippen molar-refractivity contribution in [1.29, 1.82) is 0 Å². The first kappa shape index (κ1) is 41.9. The summed E-state index contributed by atoms with van der Waals surface area (Å²) in [5.74, 6) is -3.31. The van der Waals surface area contributed by atoms with Gasteiger partial charge in [0.25, 0.3) is 11.8 Å². The molecule has 1 N–H and O–H groups in total. The Morgan fingerprint density at radius 3 is 1.72 bits per heavy atom. The number of hydrogen-bond acceptors (Lipinski definition) is 11. The molecule has 0 aromatic rings. The number of ether oxygens (including phenoxy) is 4. The fraction of sp³-hybridized carbons (Fsp3) is 0.735. The molecule has 0 bridgehead atoms. The van der Waals surface area contributed by atoms with Crippen molar-refractivity contribution in [2.45, 2.75) is 79.7 Å². The molecular weight excluding hydrogens is 612 g/mol. The highest BCUT2D eigenvalue weighted by molar-refractivity contribution is 6.12. The Hall–Kier alpha value is -3.13. The molecule has 266 valence electrons. The van der Waals surface area contributed by atoms with Gasteiger partial charge >= 0.3 is 0 Å². The Labute approximate surface area is 278 Å². The zero-order valence-corrected chi connectivity index (χ0v) is 28.9. The van der Waals surface area contributed by atoms with Gasteiger partial charge in [-0.25, -0.2) is 0 Å². The molecular formula is C34H54N2O11. The molecule has 0 unspecified atom stereocenters. The molecule has 0 saturated heterocycles. The van der Waals surface area contributed by atoms with Crippen LogP contribution in [-0.2, 0) is 52.5 Å². The first-order chi connectivity index (χ1) is 22.2. The predicted molar refractivity (Wildman–Crippen MR) is 172 cm³/mol. The zero-order valence-electron chi connectivity index (χ0n) is 28.9. The molecule has 47 heavy (non-hydrogen) atoms. The van der Waals surface area contributed by atoms with Gasteiger partial charge in [0.1, 0.15) is 17.3 Å². The second kappa shape index (κ2) is 23.2. The maximum atomic E-state index is 13.2. The third kappa shape index (κ3) is 17.6. The molecule has 13 nitrogen and oxygen atoms in total. The molecule has 0 fully saturated rings. The van der Waals surface area contributed by atoms with Crippen molar-refractivity contribution in [3.05, 3.63) is 12.2 Å². The molecule has 3 amide bonds. The van der Waals surface area contributed by atoms with Crippen molar-refractivity contribution in [1.82, 2.24) is 10.2 Å². The number of carbonyl (C=O) groups excluding carboxylic acids is 7. The second-order valence-corrected chi connectivity index (χ2v) is 12.4. The van der Waals surface area contributed by atoms with E-state index in [0.717, 1.165) is 4.90 Å². The highest BCUT2D eigenvalue weighted by Gasteiger charge is 2.31. The van der Waals surface area contributed by atoms with Crippen LogP contribution in [0.2, 0.25) is 0 Å². The van der Waals surface area contributed by atoms with Gasteiger partial charge in [-0.15, -0.1) is 0 Å². The van der Waals surface area contributed by atoms with Gasteiger partial charge in [0.05, 0.1) is 65.4 Å². The van der Waals surface area contributed by atoms with E-state index >= 15 is 0 Å². The standard InChI is InChI=1S/C34H54N2O11/c1-23(2)32(29(39)21-25(5)33(42)24(3)4)35-34(43)27(8-7-26(6)37)22-28(38)11-13-44-15-17-46-19-20-47-18-16-45-14-12-36-30(40)9-10-31(36)41/h9-10,23-25,27,32H,7-8,11-22H2,1-6H3,(H,35,43)/t25-,27+,32+/m1/s1. The minimum Gasteiger partial charge on any atom is -0.379 e. The molecule has 13 heteroatoms. The number of rotatable bonds is 28. The number of carbonyl (C=O) groups is 7. The van der Waals surface area contributed by atoms with E-state index in [9.17, 15) is 33.6 Å². The average Bonchev–Trinajstić information content (AvgIpc) is 3.33. The van der Waals surface area contributed by atoms with Gasteiger partial charge in [-0.3, -0.25) is 33.7 Å². The molecule has 1 rings (SSSR count). The van der Waals surface area contributed by atoms with Crippen LogP contribution >= 0.6 is 0 Å². The number of imide groups is 1. The molecule has 1 aliphatic heterocycles. The monoisotopic (exact) mass is 666 g/mol. The molecule has 0 aromatic carbocycles. The maximum Gasteiger partial charge on any atom is 0.253 e. The van der Waals surface area contributed by atoms with Crippen molar-refractivity contribution in [2.24, 2.45) is 23.7 Å². The van der Waals surface area contributed by atoms with Crippen LogP contribution in [0, 0.1) is 23.7 Å². The molecule has 1 heterocycles. The van der Waals surface area contributed by atoms with E-state index < -0.39 is 23.8 Å². The summed E-state index contributed by atoms with van der Waals surface area (Å²) in [4.78, 5) is 86.9. The van der Waals surface area contributed by atoms with Crippen LogP contribution in [0.1, 0.15) is 73.6 Å². The Kier molecular flexibility index (Phi) is 20.7. The smallest absolute Gasteiger partial charge is 0.253 e. The summed E-state index contributed by atoms with van der Waals surface area (Å²) >= 11 is 0. The van der Waals surface area contributed by atoms with E-state index in [1.165, 1.54) is 19.1 Å². The van der Waals surface area contributed by atoms with Gasteiger partial charge < -0.3 is 29.1 Å². The Morgan fingerprint density at radius 2 is 1.23 bits per heavy atom. The van der Waals surface area contributed by atoms with Crippen molar-refractivity contribution in [3.63, 3.8) is 0 Å². The number of nitrogens with zero attached hydrogens (tertiary/aromatic N) is 1. The number of hydrogen-bond donors (Lipinski definition) is 1. The highest BCUT2D eigenvalue weighted by Crippen LogP contribution is 2.18. The van der Waals surface area contributed by atoms with E-state index in [2.05, 4.69) is 5.32 Å². The molecule has 3 atom stereocenters. The summed E-state index contributed by atoms with van der Waals surface area (Å²) in [6, 6.07) is -0.800. The lowest BCUT2D eigenvalue weighted by Gasteiger charge is -2.25. The van der Waals surface area contributed by atoms with Crippen molar-refractivity contribution < 1.29 is 52.5 Å². The largest absolute Gasteiger partial charge is 0.379 e. The quantitative estimate of drug-likeness (QED) is 0.0959. The van der Waals surface area contributed by atoms with E-state index in [0.29, 0.717) is 33.0 Å². The number of Topliss-reactive ketones (excluding diaryl/α,β-unsaturated/α-hetero) is 4. The van der Waals surface area contributed by atoms with Crippen LogP contribution in [0.5, 0.6) is 0 Å². The van der Waals surface area contributed by atoms with Crippen LogP contribution in [0.25, 0.3) is 0 Å². The average molecular weight is 667 g/mol. The summed E-state index contributed by atoms with van der Waals surface area (Å²) < 4.78 is 21.7. The van der Waals surface area contributed by atoms with E-state index in [1.54, 1.807) is 20.8 Å². The predicted octanol–water partition coefficient (Wildman–Crippen LogP) is 2.27. The third-order valence-corrected chi connectivity index (χ3v) is 7.56. The van der Waals surface area contributed by atoms with E-state index in [4.69, 9.17) is 18.9 Å². The maximum absolute atomic E-state index is 13.2. The molecule has 0 aromatic heterocycles. The van der Waals surface area contributed by atoms with Crippen LogP contribution in [0.4, 0.5) is 0 Å². The lowest BCUT2D eigenvalue weighted by molar-refractivity contribution is -0.138. The minimum atomic E-state index is -0.800. The van der Waals surface area contributed by atoms with Crippen molar-refractivity contribution in [3.8, 4) is 0 Å². The van der Waals surface area contributed by atoms with Crippen LogP contribution in [0.3, 0.4) is 0 Å². The van der Waals surface area contributed by atoms with Crippen molar-refractivity contribution in [2.75, 3.05) is 59.4 Å². The van der Waals surface area contributed by atoms with Crippen LogP contribution < -0.4 is 5.32 Å². The fourth-order valence-corrected chi connectivity index (χ4v) is 4.82. The summed E-state index contributed by atoms with van der Waals surface area (Å²) in [6.07, 6.45) is 2.82. The van der Waals surface area contributed by atoms with Gasteiger partial charge in [-0.2, -0.15) is 0 Å². The lowest BCUT2D eigenvalue weighted by atomic mass is 9.87. The zero-order chi connectivity index (χ0) is 35.4. The van der Waals surface area contributed by atoms with Gasteiger partial charge in [-0.1, -0.05) is 34.6 Å². The van der Waals surface area contributed by atoms with Gasteiger partial charge in [0, 0.05) is 55.6 Å². The Bertz CT molecular complexity index is 1070. The lowest BCUT2D eigenvalue weighted by Crippen LogP contribution is -2.47. The van der Waals surface area contributed by atoms with Gasteiger partial charge in [0.15, 0.2) is 5.78 Å².